The van der Waals surface area contributed by atoms with Crippen LogP contribution < -0.4 is 5.32 Å². The number of sulfonamides is 1. The lowest BCUT2D eigenvalue weighted by atomic mass is 9.97. The number of nitrogens with zero attached hydrogens (tertiary/aromatic N) is 2. The van der Waals surface area contributed by atoms with E-state index in [1.54, 1.807) is 48.2 Å². The molecule has 216 valence electrons. The molecule has 9 heteroatoms. The maximum Gasteiger partial charge on any atom is 0.243 e. The van der Waals surface area contributed by atoms with Crippen molar-refractivity contribution in [2.45, 2.75) is 82.2 Å². The lowest BCUT2D eigenvalue weighted by Gasteiger charge is -2.29. The maximum atomic E-state index is 13.5. The first-order valence-corrected chi connectivity index (χ1v) is 16.1. The van der Waals surface area contributed by atoms with Crippen LogP contribution in [0.25, 0.3) is 0 Å². The molecule has 1 N–H and O–H groups in total. The molecule has 1 atom stereocenters. The van der Waals surface area contributed by atoms with Crippen molar-refractivity contribution in [3.05, 3.63) is 76.3 Å². The van der Waals surface area contributed by atoms with Crippen molar-refractivity contribution < 1.29 is 18.0 Å². The van der Waals surface area contributed by atoms with E-state index < -0.39 is 16.1 Å². The molecular formula is C31H40ClN3O4S. The lowest BCUT2D eigenvalue weighted by molar-refractivity contribution is -0.140. The molecule has 2 aromatic rings. The van der Waals surface area contributed by atoms with Gasteiger partial charge in [-0.15, -0.1) is 0 Å². The Bertz CT molecular complexity index is 1290. The zero-order valence-corrected chi connectivity index (χ0v) is 24.9. The van der Waals surface area contributed by atoms with Gasteiger partial charge in [0.1, 0.15) is 6.04 Å². The summed E-state index contributed by atoms with van der Waals surface area (Å²) in [6.07, 6.45) is 10.2. The van der Waals surface area contributed by atoms with Crippen LogP contribution in [0.1, 0.15) is 69.4 Å². The largest absolute Gasteiger partial charge is 0.354 e. The van der Waals surface area contributed by atoms with Gasteiger partial charge >= 0.3 is 0 Å². The van der Waals surface area contributed by atoms with Crippen LogP contribution in [0.5, 0.6) is 0 Å². The van der Waals surface area contributed by atoms with Crippen LogP contribution >= 0.6 is 11.6 Å². The SMILES string of the molecule is CC(C(=O)NCCC1=CCCCC1)N(Cc1ccc(Cl)cc1)C(=O)CCc1ccc(S(=O)(=O)N2CCCC2)cc1. The van der Waals surface area contributed by atoms with Crippen molar-refractivity contribution >= 4 is 33.4 Å². The minimum Gasteiger partial charge on any atom is -0.354 e. The van der Waals surface area contributed by atoms with Gasteiger partial charge in [0.25, 0.3) is 0 Å². The van der Waals surface area contributed by atoms with Crippen LogP contribution in [0.15, 0.2) is 65.1 Å². The Morgan fingerprint density at radius 2 is 1.62 bits per heavy atom. The van der Waals surface area contributed by atoms with Crippen molar-refractivity contribution in [2.24, 2.45) is 0 Å². The van der Waals surface area contributed by atoms with E-state index in [1.165, 1.54) is 22.7 Å². The second-order valence-corrected chi connectivity index (χ2v) is 13.1. The Hall–Kier alpha value is -2.68. The molecule has 7 nitrogen and oxygen atoms in total. The standard InChI is InChI=1S/C31H40ClN3O4S/c1-24(31(37)33-20-19-25-7-3-2-4-8-25)35(23-27-9-14-28(32)15-10-27)30(36)18-13-26-11-16-29(17-12-26)40(38,39)34-21-5-6-22-34/h7,9-12,14-17,24H,2-6,8,13,18-23H2,1H3,(H,33,37). The fourth-order valence-electron chi connectivity index (χ4n) is 5.30. The van der Waals surface area contributed by atoms with Crippen LogP contribution in [-0.4, -0.2) is 55.1 Å². The van der Waals surface area contributed by atoms with Crippen molar-refractivity contribution in [2.75, 3.05) is 19.6 Å². The minimum atomic E-state index is -3.47. The Kier molecular flexibility index (Phi) is 10.8. The maximum absolute atomic E-state index is 13.5. The number of carbonyl (C=O) groups is 2. The van der Waals surface area contributed by atoms with Crippen LogP contribution in [0.3, 0.4) is 0 Å². The number of nitrogens with one attached hydrogen (secondary N) is 1. The molecule has 1 aliphatic heterocycles. The third kappa shape index (κ3) is 8.18. The number of hydrogen-bond donors (Lipinski definition) is 1. The van der Waals surface area contributed by atoms with Gasteiger partial charge in [0.2, 0.25) is 21.8 Å². The van der Waals surface area contributed by atoms with Gasteiger partial charge in [0, 0.05) is 37.6 Å². The Balaban J connectivity index is 1.38. The third-order valence-electron chi connectivity index (χ3n) is 7.82. The number of amides is 2. The summed E-state index contributed by atoms with van der Waals surface area (Å²) in [7, 11) is -3.47. The van der Waals surface area contributed by atoms with Crippen LogP contribution in [0.2, 0.25) is 5.02 Å². The molecule has 4 rings (SSSR count). The molecule has 0 bridgehead atoms. The van der Waals surface area contributed by atoms with Crippen LogP contribution in [-0.2, 0) is 32.6 Å². The van der Waals surface area contributed by atoms with E-state index in [9.17, 15) is 18.0 Å². The number of aryl methyl sites for hydroxylation is 1. The van der Waals surface area contributed by atoms with Gasteiger partial charge in [0.05, 0.1) is 4.90 Å². The van der Waals surface area contributed by atoms with E-state index in [1.807, 2.05) is 12.1 Å². The molecule has 1 unspecified atom stereocenters. The highest BCUT2D eigenvalue weighted by molar-refractivity contribution is 7.89. The summed E-state index contributed by atoms with van der Waals surface area (Å²) < 4.78 is 27.2. The zero-order valence-electron chi connectivity index (χ0n) is 23.3. The molecule has 0 aromatic heterocycles. The molecule has 0 spiro atoms. The van der Waals surface area contributed by atoms with E-state index in [2.05, 4.69) is 11.4 Å². The number of allylic oxidation sites excluding steroid dienone is 1. The van der Waals surface area contributed by atoms with Gasteiger partial charge in [0.15, 0.2) is 0 Å². The Labute approximate surface area is 243 Å². The van der Waals surface area contributed by atoms with Crippen molar-refractivity contribution in [1.29, 1.82) is 0 Å². The van der Waals surface area contributed by atoms with Gasteiger partial charge < -0.3 is 10.2 Å². The number of halogens is 1. The summed E-state index contributed by atoms with van der Waals surface area (Å²) in [5, 5.41) is 3.63. The van der Waals surface area contributed by atoms with E-state index in [-0.39, 0.29) is 23.1 Å². The van der Waals surface area contributed by atoms with E-state index in [4.69, 9.17) is 11.6 Å². The predicted molar refractivity (Wildman–Crippen MR) is 158 cm³/mol. The summed E-state index contributed by atoms with van der Waals surface area (Å²) in [5.74, 6) is -0.309. The molecule has 2 amide bonds. The summed E-state index contributed by atoms with van der Waals surface area (Å²) in [6.45, 7) is 3.74. The smallest absolute Gasteiger partial charge is 0.243 e. The van der Waals surface area contributed by atoms with Crippen LogP contribution in [0.4, 0.5) is 0 Å². The lowest BCUT2D eigenvalue weighted by Crippen LogP contribution is -2.47. The second kappa shape index (κ2) is 14.3. The molecule has 1 fully saturated rings. The molecule has 40 heavy (non-hydrogen) atoms. The molecule has 2 aromatic carbocycles. The van der Waals surface area contributed by atoms with E-state index >= 15 is 0 Å². The molecule has 0 radical (unpaired) electrons. The molecule has 2 aliphatic rings. The second-order valence-electron chi connectivity index (χ2n) is 10.7. The highest BCUT2D eigenvalue weighted by Gasteiger charge is 2.28. The Morgan fingerprint density at radius 3 is 2.27 bits per heavy atom. The number of rotatable bonds is 12. The minimum absolute atomic E-state index is 0.138. The predicted octanol–water partition coefficient (Wildman–Crippen LogP) is 5.48. The normalized spacial score (nSPS) is 16.8. The summed E-state index contributed by atoms with van der Waals surface area (Å²) in [6, 6.07) is 13.4. The molecule has 1 heterocycles. The average Bonchev–Trinajstić information content (AvgIpc) is 3.52. The van der Waals surface area contributed by atoms with Gasteiger partial charge in [-0.25, -0.2) is 8.42 Å². The number of carbonyl (C=O) groups excluding carboxylic acids is 2. The molecule has 0 saturated carbocycles. The third-order valence-corrected chi connectivity index (χ3v) is 9.98. The fourth-order valence-corrected chi connectivity index (χ4v) is 6.94. The quantitative estimate of drug-likeness (QED) is 0.334. The van der Waals surface area contributed by atoms with E-state index in [0.29, 0.717) is 37.6 Å². The van der Waals surface area contributed by atoms with Gasteiger partial charge in [-0.3, -0.25) is 9.59 Å². The van der Waals surface area contributed by atoms with Gasteiger partial charge in [-0.1, -0.05) is 47.5 Å². The monoisotopic (exact) mass is 585 g/mol. The first-order valence-electron chi connectivity index (χ1n) is 14.3. The highest BCUT2D eigenvalue weighted by Crippen LogP contribution is 2.22. The summed E-state index contributed by atoms with van der Waals surface area (Å²) >= 11 is 6.05. The summed E-state index contributed by atoms with van der Waals surface area (Å²) in [5.41, 5.74) is 3.16. The highest BCUT2D eigenvalue weighted by atomic mass is 35.5. The topological polar surface area (TPSA) is 86.8 Å². The number of hydrogen-bond acceptors (Lipinski definition) is 4. The van der Waals surface area contributed by atoms with Crippen molar-refractivity contribution in [3.63, 3.8) is 0 Å². The Morgan fingerprint density at radius 1 is 0.950 bits per heavy atom. The number of benzene rings is 2. The fraction of sp³-hybridized carbons (Fsp3) is 0.484. The summed E-state index contributed by atoms with van der Waals surface area (Å²) in [4.78, 5) is 28.4. The van der Waals surface area contributed by atoms with Gasteiger partial charge in [-0.05, 0) is 93.7 Å². The van der Waals surface area contributed by atoms with Gasteiger partial charge in [-0.2, -0.15) is 4.31 Å². The molecular weight excluding hydrogens is 546 g/mol. The van der Waals surface area contributed by atoms with Crippen LogP contribution in [0, 0.1) is 0 Å². The first-order chi connectivity index (χ1) is 19.2. The molecule has 1 aliphatic carbocycles. The van der Waals surface area contributed by atoms with Crippen molar-refractivity contribution in [3.8, 4) is 0 Å². The van der Waals surface area contributed by atoms with Crippen molar-refractivity contribution in [1.82, 2.24) is 14.5 Å². The zero-order chi connectivity index (χ0) is 28.5. The molecule has 1 saturated heterocycles. The van der Waals surface area contributed by atoms with E-state index in [0.717, 1.165) is 43.2 Å². The first kappa shape index (κ1) is 30.3. The average molecular weight is 586 g/mol.